The Hall–Kier alpha value is -2.41. The lowest BCUT2D eigenvalue weighted by atomic mass is 10.1. The number of amides is 3. The van der Waals surface area contributed by atoms with Crippen LogP contribution >= 0.6 is 0 Å². The molecule has 4 rings (SSSR count). The third-order valence-corrected chi connectivity index (χ3v) is 6.25. The molecule has 3 amide bonds. The number of piperazine rings is 1. The Morgan fingerprint density at radius 3 is 2.45 bits per heavy atom. The van der Waals surface area contributed by atoms with Crippen LogP contribution in [0, 0.1) is 5.92 Å². The molecule has 7 nitrogen and oxygen atoms in total. The largest absolute Gasteiger partial charge is 0.352 e. The molecule has 2 heterocycles. The molecule has 1 aromatic carbocycles. The molecular formula is C22H30N4O3. The molecule has 7 heteroatoms. The van der Waals surface area contributed by atoms with Gasteiger partial charge in [-0.25, -0.2) is 0 Å². The van der Waals surface area contributed by atoms with Gasteiger partial charge in [-0.2, -0.15) is 0 Å². The van der Waals surface area contributed by atoms with Crippen molar-refractivity contribution in [3.05, 3.63) is 35.9 Å². The molecule has 0 radical (unpaired) electrons. The van der Waals surface area contributed by atoms with Crippen LogP contribution in [0.2, 0.25) is 0 Å². The van der Waals surface area contributed by atoms with Crippen LogP contribution in [0.1, 0.15) is 37.8 Å². The van der Waals surface area contributed by atoms with E-state index in [0.717, 1.165) is 18.4 Å². The summed E-state index contributed by atoms with van der Waals surface area (Å²) < 4.78 is 0. The summed E-state index contributed by atoms with van der Waals surface area (Å²) in [5, 5.41) is 3.01. The zero-order valence-corrected chi connectivity index (χ0v) is 17.0. The molecule has 1 aromatic rings. The summed E-state index contributed by atoms with van der Waals surface area (Å²) in [4.78, 5) is 43.3. The number of nitrogens with one attached hydrogen (secondary N) is 1. The standard InChI is InChI=1S/C22H30N4O3/c1-16(17-5-3-2-4-6-17)26-14-18(13-21(26)28)22(29)25-11-9-24(10-12-25)15-20(27)23-19-7-8-19/h2-6,16,18-19H,7-15H2,1H3,(H,23,27)/t16-,18-/m0/s1. The average Bonchev–Trinajstić information content (AvgIpc) is 3.46. The van der Waals surface area contributed by atoms with E-state index in [4.69, 9.17) is 0 Å². The molecule has 3 fully saturated rings. The van der Waals surface area contributed by atoms with Gasteiger partial charge in [-0.15, -0.1) is 0 Å². The van der Waals surface area contributed by atoms with Gasteiger partial charge in [-0.05, 0) is 25.3 Å². The lowest BCUT2D eigenvalue weighted by molar-refractivity contribution is -0.137. The molecule has 2 saturated heterocycles. The van der Waals surface area contributed by atoms with Crippen molar-refractivity contribution in [2.24, 2.45) is 5.92 Å². The van der Waals surface area contributed by atoms with Gasteiger partial charge in [0.1, 0.15) is 0 Å². The molecule has 0 unspecified atom stereocenters. The molecule has 2 aliphatic heterocycles. The van der Waals surface area contributed by atoms with Crippen molar-refractivity contribution in [1.29, 1.82) is 0 Å². The smallest absolute Gasteiger partial charge is 0.234 e. The maximum Gasteiger partial charge on any atom is 0.234 e. The second-order valence-electron chi connectivity index (χ2n) is 8.48. The van der Waals surface area contributed by atoms with Gasteiger partial charge in [0.25, 0.3) is 0 Å². The predicted octanol–water partition coefficient (Wildman–Crippen LogP) is 1.02. The van der Waals surface area contributed by atoms with Crippen LogP contribution in [-0.4, -0.2) is 77.7 Å². The highest BCUT2D eigenvalue weighted by Gasteiger charge is 2.39. The molecule has 29 heavy (non-hydrogen) atoms. The first-order chi connectivity index (χ1) is 14.0. The zero-order valence-electron chi connectivity index (χ0n) is 17.0. The Labute approximate surface area is 172 Å². The Morgan fingerprint density at radius 1 is 1.10 bits per heavy atom. The summed E-state index contributed by atoms with van der Waals surface area (Å²) in [6.07, 6.45) is 2.47. The molecular weight excluding hydrogens is 368 g/mol. The fourth-order valence-corrected chi connectivity index (χ4v) is 4.27. The van der Waals surface area contributed by atoms with Crippen LogP contribution in [-0.2, 0) is 14.4 Å². The van der Waals surface area contributed by atoms with Crippen molar-refractivity contribution in [2.75, 3.05) is 39.3 Å². The van der Waals surface area contributed by atoms with Gasteiger partial charge >= 0.3 is 0 Å². The molecule has 3 aliphatic rings. The van der Waals surface area contributed by atoms with Crippen LogP contribution in [0.4, 0.5) is 0 Å². The third kappa shape index (κ3) is 4.78. The van der Waals surface area contributed by atoms with Crippen molar-refractivity contribution in [2.45, 2.75) is 38.3 Å². The Bertz CT molecular complexity index is 757. The zero-order chi connectivity index (χ0) is 20.4. The maximum atomic E-state index is 13.0. The van der Waals surface area contributed by atoms with E-state index in [-0.39, 0.29) is 29.7 Å². The maximum absolute atomic E-state index is 13.0. The van der Waals surface area contributed by atoms with E-state index < -0.39 is 0 Å². The highest BCUT2D eigenvalue weighted by Crippen LogP contribution is 2.29. The van der Waals surface area contributed by atoms with Gasteiger partial charge in [0, 0.05) is 45.2 Å². The molecule has 1 N–H and O–H groups in total. The highest BCUT2D eigenvalue weighted by atomic mass is 16.2. The number of nitrogens with zero attached hydrogens (tertiary/aromatic N) is 3. The van der Waals surface area contributed by atoms with Crippen LogP contribution in [0.5, 0.6) is 0 Å². The van der Waals surface area contributed by atoms with Crippen molar-refractivity contribution in [3.8, 4) is 0 Å². The number of rotatable bonds is 6. The van der Waals surface area contributed by atoms with E-state index in [9.17, 15) is 14.4 Å². The second kappa shape index (κ2) is 8.53. The minimum Gasteiger partial charge on any atom is -0.352 e. The van der Waals surface area contributed by atoms with Crippen molar-refractivity contribution >= 4 is 17.7 Å². The van der Waals surface area contributed by atoms with Gasteiger partial charge in [-0.3, -0.25) is 19.3 Å². The van der Waals surface area contributed by atoms with E-state index in [1.54, 1.807) is 0 Å². The van der Waals surface area contributed by atoms with Crippen molar-refractivity contribution in [3.63, 3.8) is 0 Å². The van der Waals surface area contributed by atoms with E-state index in [0.29, 0.717) is 51.7 Å². The summed E-state index contributed by atoms with van der Waals surface area (Å²) in [6, 6.07) is 10.3. The summed E-state index contributed by atoms with van der Waals surface area (Å²) in [5.41, 5.74) is 1.09. The van der Waals surface area contributed by atoms with E-state index in [1.165, 1.54) is 0 Å². The number of hydrogen-bond acceptors (Lipinski definition) is 4. The van der Waals surface area contributed by atoms with Crippen molar-refractivity contribution < 1.29 is 14.4 Å². The fourth-order valence-electron chi connectivity index (χ4n) is 4.27. The Morgan fingerprint density at radius 2 is 1.79 bits per heavy atom. The lowest BCUT2D eigenvalue weighted by Crippen LogP contribution is -2.52. The van der Waals surface area contributed by atoms with Gasteiger partial charge in [0.05, 0.1) is 18.5 Å². The molecule has 2 atom stereocenters. The predicted molar refractivity (Wildman–Crippen MR) is 109 cm³/mol. The molecule has 0 aromatic heterocycles. The van der Waals surface area contributed by atoms with Crippen LogP contribution in [0.15, 0.2) is 30.3 Å². The summed E-state index contributed by atoms with van der Waals surface area (Å²) in [5.74, 6) is -0.0594. The Kier molecular flexibility index (Phi) is 5.85. The minimum atomic E-state index is -0.265. The average molecular weight is 399 g/mol. The first-order valence-corrected chi connectivity index (χ1v) is 10.7. The van der Waals surface area contributed by atoms with Crippen LogP contribution < -0.4 is 5.32 Å². The number of benzene rings is 1. The first kappa shape index (κ1) is 19.9. The Balaban J connectivity index is 1.27. The van der Waals surface area contributed by atoms with E-state index >= 15 is 0 Å². The molecule has 1 aliphatic carbocycles. The molecule has 0 spiro atoms. The van der Waals surface area contributed by atoms with Gasteiger partial charge in [0.2, 0.25) is 17.7 Å². The first-order valence-electron chi connectivity index (χ1n) is 10.7. The molecule has 1 saturated carbocycles. The van der Waals surface area contributed by atoms with E-state index in [2.05, 4.69) is 10.2 Å². The number of hydrogen-bond donors (Lipinski definition) is 1. The number of carbonyl (C=O) groups is 3. The normalized spacial score (nSPS) is 23.9. The second-order valence-corrected chi connectivity index (χ2v) is 8.48. The quantitative estimate of drug-likeness (QED) is 0.777. The number of carbonyl (C=O) groups excluding carboxylic acids is 3. The van der Waals surface area contributed by atoms with Crippen LogP contribution in [0.25, 0.3) is 0 Å². The highest BCUT2D eigenvalue weighted by molar-refractivity contribution is 5.89. The van der Waals surface area contributed by atoms with Crippen molar-refractivity contribution in [1.82, 2.24) is 20.0 Å². The fraction of sp³-hybridized carbons (Fsp3) is 0.591. The summed E-state index contributed by atoms with van der Waals surface area (Å²) in [6.45, 7) is 5.55. The van der Waals surface area contributed by atoms with Gasteiger partial charge in [-0.1, -0.05) is 30.3 Å². The van der Waals surface area contributed by atoms with Crippen LogP contribution in [0.3, 0.4) is 0 Å². The van der Waals surface area contributed by atoms with Gasteiger partial charge in [0.15, 0.2) is 0 Å². The monoisotopic (exact) mass is 398 g/mol. The number of likely N-dealkylation sites (tertiary alicyclic amines) is 1. The van der Waals surface area contributed by atoms with Gasteiger partial charge < -0.3 is 15.1 Å². The lowest BCUT2D eigenvalue weighted by Gasteiger charge is -2.35. The minimum absolute atomic E-state index is 0.0247. The molecule has 156 valence electrons. The topological polar surface area (TPSA) is 73.0 Å². The third-order valence-electron chi connectivity index (χ3n) is 6.25. The van der Waals surface area contributed by atoms with E-state index in [1.807, 2.05) is 47.1 Å². The summed E-state index contributed by atoms with van der Waals surface area (Å²) >= 11 is 0. The molecule has 0 bridgehead atoms. The SMILES string of the molecule is C[C@@H](c1ccccc1)N1C[C@@H](C(=O)N2CCN(CC(=O)NC3CC3)CC2)CC1=O. The summed E-state index contributed by atoms with van der Waals surface area (Å²) in [7, 11) is 0.